The molecule has 37 heavy (non-hydrogen) atoms. The van der Waals surface area contributed by atoms with Gasteiger partial charge in [-0.3, -0.25) is 9.69 Å². The molecule has 2 fully saturated rings. The fourth-order valence-corrected chi connectivity index (χ4v) is 6.01. The number of carboxylic acids is 1. The first-order chi connectivity index (χ1) is 18.0. The van der Waals surface area contributed by atoms with Crippen LogP contribution in [0.25, 0.3) is 22.2 Å². The molecule has 5 rings (SSSR count). The molecule has 1 aliphatic carbocycles. The van der Waals surface area contributed by atoms with Crippen molar-refractivity contribution in [2.45, 2.75) is 44.6 Å². The second kappa shape index (κ2) is 11.5. The fourth-order valence-electron chi connectivity index (χ4n) is 6.01. The van der Waals surface area contributed by atoms with Crippen LogP contribution in [-0.4, -0.2) is 77.7 Å². The number of carbonyl (C=O) groups is 2. The summed E-state index contributed by atoms with van der Waals surface area (Å²) in [5.74, 6) is -0.588. The van der Waals surface area contributed by atoms with Gasteiger partial charge in [-0.1, -0.05) is 55.7 Å². The highest BCUT2D eigenvalue weighted by molar-refractivity contribution is 5.99. The van der Waals surface area contributed by atoms with Gasteiger partial charge >= 0.3 is 5.97 Å². The molecule has 0 radical (unpaired) electrons. The molecule has 7 heteroatoms. The second-order valence-electron chi connectivity index (χ2n) is 10.6. The lowest BCUT2D eigenvalue weighted by Gasteiger charge is -2.32. The summed E-state index contributed by atoms with van der Waals surface area (Å²) in [4.78, 5) is 29.8. The number of rotatable bonds is 8. The molecule has 2 aromatic carbocycles. The normalized spacial score (nSPS) is 17.8. The van der Waals surface area contributed by atoms with Gasteiger partial charge in [0.25, 0.3) is 0 Å². The summed E-state index contributed by atoms with van der Waals surface area (Å²) in [6.07, 6.45) is 5.90. The van der Waals surface area contributed by atoms with Gasteiger partial charge < -0.3 is 19.9 Å². The van der Waals surface area contributed by atoms with E-state index in [-0.39, 0.29) is 18.0 Å². The monoisotopic (exact) mass is 502 g/mol. The zero-order valence-electron chi connectivity index (χ0n) is 21.8. The number of nitrogens with one attached hydrogen (secondary N) is 1. The number of hydrogen-bond acceptors (Lipinski definition) is 4. The molecule has 2 heterocycles. The molecule has 7 nitrogen and oxygen atoms in total. The van der Waals surface area contributed by atoms with E-state index in [0.29, 0.717) is 12.5 Å². The molecule has 0 spiro atoms. The maximum Gasteiger partial charge on any atom is 0.335 e. The average molecular weight is 503 g/mol. The molecule has 1 aliphatic heterocycles. The van der Waals surface area contributed by atoms with Gasteiger partial charge in [0, 0.05) is 44.7 Å². The number of piperazine rings is 1. The molecule has 2 aliphatic rings. The number of nitrogens with zero attached hydrogens (tertiary/aromatic N) is 3. The number of amides is 1. The Labute approximate surface area is 219 Å². The third-order valence-electron chi connectivity index (χ3n) is 8.06. The van der Waals surface area contributed by atoms with E-state index < -0.39 is 5.97 Å². The first-order valence-corrected chi connectivity index (χ1v) is 13.6. The highest BCUT2D eigenvalue weighted by atomic mass is 16.4. The van der Waals surface area contributed by atoms with E-state index in [9.17, 15) is 14.7 Å². The van der Waals surface area contributed by atoms with Gasteiger partial charge in [-0.2, -0.15) is 0 Å². The fraction of sp³-hybridized carbons (Fsp3) is 0.467. The molecule has 3 aromatic rings. The smallest absolute Gasteiger partial charge is 0.335 e. The lowest BCUT2D eigenvalue weighted by atomic mass is 9.82. The van der Waals surface area contributed by atoms with E-state index in [4.69, 9.17) is 0 Å². The van der Waals surface area contributed by atoms with E-state index in [1.807, 2.05) is 24.3 Å². The van der Waals surface area contributed by atoms with Crippen LogP contribution in [0, 0.1) is 0 Å². The molecular weight excluding hydrogens is 464 g/mol. The molecule has 1 saturated carbocycles. The predicted molar refractivity (Wildman–Crippen MR) is 147 cm³/mol. The van der Waals surface area contributed by atoms with Gasteiger partial charge in [-0.15, -0.1) is 0 Å². The van der Waals surface area contributed by atoms with E-state index in [0.717, 1.165) is 67.7 Å². The SMILES string of the molecule is CN1CCN(CCNC(=O)Cn2c(-c3ccccc3)c(C3CCCCC3)c3ccc(C(=O)O)cc32)CC1. The Kier molecular flexibility index (Phi) is 7.91. The Hall–Kier alpha value is -3.16. The van der Waals surface area contributed by atoms with Crippen LogP contribution in [0.15, 0.2) is 48.5 Å². The summed E-state index contributed by atoms with van der Waals surface area (Å²) in [5.41, 5.74) is 4.47. The number of carboxylic acid groups (broad SMARTS) is 1. The largest absolute Gasteiger partial charge is 0.478 e. The summed E-state index contributed by atoms with van der Waals surface area (Å²) < 4.78 is 2.06. The summed E-state index contributed by atoms with van der Waals surface area (Å²) in [7, 11) is 2.14. The number of hydrogen-bond donors (Lipinski definition) is 2. The van der Waals surface area contributed by atoms with E-state index >= 15 is 0 Å². The van der Waals surface area contributed by atoms with Crippen molar-refractivity contribution in [2.75, 3.05) is 46.3 Å². The van der Waals surface area contributed by atoms with Gasteiger partial charge in [0.2, 0.25) is 5.91 Å². The third-order valence-corrected chi connectivity index (χ3v) is 8.06. The minimum atomic E-state index is -0.952. The number of likely N-dealkylation sites (N-methyl/N-ethyl adjacent to an activating group) is 1. The van der Waals surface area contributed by atoms with Gasteiger partial charge in [-0.25, -0.2) is 4.79 Å². The Morgan fingerprint density at radius 1 is 0.973 bits per heavy atom. The Balaban J connectivity index is 1.49. The minimum Gasteiger partial charge on any atom is -0.478 e. The van der Waals surface area contributed by atoms with Crippen LogP contribution in [0.5, 0.6) is 0 Å². The van der Waals surface area contributed by atoms with E-state index in [1.54, 1.807) is 12.1 Å². The van der Waals surface area contributed by atoms with E-state index in [1.165, 1.54) is 24.8 Å². The van der Waals surface area contributed by atoms with Gasteiger partial charge in [0.15, 0.2) is 0 Å². The molecular formula is C30H38N4O3. The van der Waals surface area contributed by atoms with Crippen LogP contribution in [0.3, 0.4) is 0 Å². The van der Waals surface area contributed by atoms with Crippen molar-refractivity contribution in [1.82, 2.24) is 19.7 Å². The zero-order valence-corrected chi connectivity index (χ0v) is 21.8. The number of carbonyl (C=O) groups excluding carboxylic acids is 1. The summed E-state index contributed by atoms with van der Waals surface area (Å²) in [6, 6.07) is 15.7. The van der Waals surface area contributed by atoms with Gasteiger partial charge in [0.1, 0.15) is 6.54 Å². The molecule has 196 valence electrons. The van der Waals surface area contributed by atoms with Crippen molar-refractivity contribution in [3.63, 3.8) is 0 Å². The Morgan fingerprint density at radius 2 is 1.70 bits per heavy atom. The topological polar surface area (TPSA) is 77.8 Å². The van der Waals surface area contributed by atoms with Crippen molar-refractivity contribution in [2.24, 2.45) is 0 Å². The molecule has 0 bridgehead atoms. The number of benzene rings is 2. The minimum absolute atomic E-state index is 0.0425. The van der Waals surface area contributed by atoms with Crippen LogP contribution < -0.4 is 5.32 Å². The Morgan fingerprint density at radius 3 is 2.41 bits per heavy atom. The number of fused-ring (bicyclic) bond motifs is 1. The molecule has 0 atom stereocenters. The quantitative estimate of drug-likeness (QED) is 0.477. The highest BCUT2D eigenvalue weighted by Crippen LogP contribution is 2.44. The molecule has 1 aromatic heterocycles. The summed E-state index contributed by atoms with van der Waals surface area (Å²) >= 11 is 0. The van der Waals surface area contributed by atoms with Crippen molar-refractivity contribution >= 4 is 22.8 Å². The molecule has 1 amide bonds. The van der Waals surface area contributed by atoms with Crippen molar-refractivity contribution in [1.29, 1.82) is 0 Å². The third kappa shape index (κ3) is 5.73. The number of aromatic carboxylic acids is 1. The summed E-state index contributed by atoms with van der Waals surface area (Å²) in [5, 5.41) is 13.9. The first-order valence-electron chi connectivity index (χ1n) is 13.6. The highest BCUT2D eigenvalue weighted by Gasteiger charge is 2.27. The molecule has 2 N–H and O–H groups in total. The van der Waals surface area contributed by atoms with Crippen LogP contribution in [0.2, 0.25) is 0 Å². The number of aromatic nitrogens is 1. The van der Waals surface area contributed by atoms with Crippen LogP contribution in [0.4, 0.5) is 0 Å². The van der Waals surface area contributed by atoms with Crippen LogP contribution in [-0.2, 0) is 11.3 Å². The van der Waals surface area contributed by atoms with Gasteiger partial charge in [-0.05, 0) is 49.1 Å². The second-order valence-corrected chi connectivity index (χ2v) is 10.6. The lowest BCUT2D eigenvalue weighted by molar-refractivity contribution is -0.121. The van der Waals surface area contributed by atoms with Crippen LogP contribution >= 0.6 is 0 Å². The summed E-state index contributed by atoms with van der Waals surface area (Å²) in [6.45, 7) is 5.77. The molecule has 0 unspecified atom stereocenters. The predicted octanol–water partition coefficient (Wildman–Crippen LogP) is 4.42. The lowest BCUT2D eigenvalue weighted by Crippen LogP contribution is -2.47. The first kappa shape index (κ1) is 25.5. The maximum absolute atomic E-state index is 13.3. The van der Waals surface area contributed by atoms with Gasteiger partial charge in [0.05, 0.1) is 16.8 Å². The average Bonchev–Trinajstić information content (AvgIpc) is 3.24. The van der Waals surface area contributed by atoms with Crippen molar-refractivity contribution in [3.8, 4) is 11.3 Å². The van der Waals surface area contributed by atoms with Crippen LogP contribution in [0.1, 0.15) is 53.9 Å². The van der Waals surface area contributed by atoms with Crippen molar-refractivity contribution in [3.05, 3.63) is 59.7 Å². The van der Waals surface area contributed by atoms with E-state index in [2.05, 4.69) is 38.9 Å². The maximum atomic E-state index is 13.3. The zero-order chi connectivity index (χ0) is 25.8. The standard InChI is InChI=1S/C30H38N4O3/c1-32-16-18-33(19-17-32)15-14-31-27(35)21-34-26-20-24(30(36)37)12-13-25(26)28(22-8-4-2-5-9-22)29(34)23-10-6-3-7-11-23/h3,6-7,10-13,20,22H,2,4-5,8-9,14-19,21H2,1H3,(H,31,35)(H,36,37). The van der Waals surface area contributed by atoms with Crippen molar-refractivity contribution < 1.29 is 14.7 Å². The molecule has 1 saturated heterocycles. The Bertz CT molecular complexity index is 1240.